The Morgan fingerprint density at radius 2 is 2.14 bits per heavy atom. The van der Waals surface area contributed by atoms with E-state index in [1.165, 1.54) is 19.2 Å². The fourth-order valence-corrected chi connectivity index (χ4v) is 2.39. The molecule has 3 N–H and O–H groups in total. The predicted octanol–water partition coefficient (Wildman–Crippen LogP) is 1.30. The van der Waals surface area contributed by atoms with Gasteiger partial charge in [0.1, 0.15) is 11.6 Å². The third-order valence-electron chi connectivity index (χ3n) is 3.80. The third kappa shape index (κ3) is 4.14. The van der Waals surface area contributed by atoms with E-state index in [1.54, 1.807) is 0 Å². The Morgan fingerprint density at radius 1 is 1.41 bits per heavy atom. The van der Waals surface area contributed by atoms with E-state index in [0.29, 0.717) is 5.56 Å². The number of ether oxygens (including phenoxy) is 1. The number of aliphatic hydroxyl groups excluding tert-OH is 1. The summed E-state index contributed by atoms with van der Waals surface area (Å²) in [5.74, 6) is -1.20. The van der Waals surface area contributed by atoms with Gasteiger partial charge in [0.2, 0.25) is 0 Å². The number of amides is 2. The minimum Gasteiger partial charge on any atom is -0.389 e. The number of halogens is 2. The zero-order chi connectivity index (χ0) is 16.2. The molecular formula is C15H20F2N2O3. The Labute approximate surface area is 127 Å². The van der Waals surface area contributed by atoms with Crippen LogP contribution in [-0.4, -0.2) is 44.0 Å². The molecule has 0 aliphatic heterocycles. The molecule has 1 aliphatic rings. The van der Waals surface area contributed by atoms with Crippen LogP contribution in [0.3, 0.4) is 0 Å². The number of hydrogen-bond acceptors (Lipinski definition) is 3. The Morgan fingerprint density at radius 3 is 2.73 bits per heavy atom. The maximum absolute atomic E-state index is 13.8. The number of urea groups is 1. The van der Waals surface area contributed by atoms with Gasteiger partial charge in [-0.2, -0.15) is 0 Å². The lowest BCUT2D eigenvalue weighted by Gasteiger charge is -2.18. The summed E-state index contributed by atoms with van der Waals surface area (Å²) in [6.07, 6.45) is 0.699. The van der Waals surface area contributed by atoms with Crippen LogP contribution in [0.25, 0.3) is 0 Å². The van der Waals surface area contributed by atoms with Gasteiger partial charge in [0, 0.05) is 31.7 Å². The van der Waals surface area contributed by atoms with Crippen LogP contribution in [0.2, 0.25) is 0 Å². The van der Waals surface area contributed by atoms with E-state index in [1.807, 2.05) is 0 Å². The molecule has 1 aliphatic carbocycles. The number of rotatable bonds is 7. The summed E-state index contributed by atoms with van der Waals surface area (Å²) >= 11 is 0. The van der Waals surface area contributed by atoms with Crippen LogP contribution in [0.1, 0.15) is 18.4 Å². The van der Waals surface area contributed by atoms with Crippen LogP contribution >= 0.6 is 0 Å². The molecule has 1 unspecified atom stereocenters. The Balaban J connectivity index is 1.84. The first-order chi connectivity index (χ1) is 10.5. The lowest BCUT2D eigenvalue weighted by molar-refractivity contribution is 0.0659. The zero-order valence-electron chi connectivity index (χ0n) is 12.4. The van der Waals surface area contributed by atoms with Crippen molar-refractivity contribution in [2.24, 2.45) is 0 Å². The van der Waals surface area contributed by atoms with Gasteiger partial charge in [-0.05, 0) is 24.5 Å². The van der Waals surface area contributed by atoms with Crippen molar-refractivity contribution in [2.75, 3.05) is 26.8 Å². The van der Waals surface area contributed by atoms with Crippen molar-refractivity contribution in [1.29, 1.82) is 0 Å². The molecule has 1 saturated carbocycles. The topological polar surface area (TPSA) is 70.6 Å². The molecule has 1 aromatic carbocycles. The van der Waals surface area contributed by atoms with Crippen LogP contribution in [-0.2, 0) is 10.2 Å². The van der Waals surface area contributed by atoms with Crippen molar-refractivity contribution >= 4 is 6.03 Å². The number of nitrogens with one attached hydrogen (secondary N) is 2. The minimum atomic E-state index is -0.778. The molecule has 1 aromatic rings. The molecule has 0 heterocycles. The zero-order valence-corrected chi connectivity index (χ0v) is 12.4. The molecular weight excluding hydrogens is 294 g/mol. The van der Waals surface area contributed by atoms with Crippen LogP contribution in [0.4, 0.5) is 13.6 Å². The van der Waals surface area contributed by atoms with E-state index in [-0.39, 0.29) is 19.7 Å². The van der Waals surface area contributed by atoms with Gasteiger partial charge in [0.15, 0.2) is 0 Å². The van der Waals surface area contributed by atoms with Crippen molar-refractivity contribution in [3.63, 3.8) is 0 Å². The van der Waals surface area contributed by atoms with Gasteiger partial charge in [-0.15, -0.1) is 0 Å². The van der Waals surface area contributed by atoms with Crippen molar-refractivity contribution < 1.29 is 23.4 Å². The molecule has 1 atom stereocenters. The van der Waals surface area contributed by atoms with E-state index in [9.17, 15) is 18.7 Å². The number of benzene rings is 1. The molecule has 2 rings (SSSR count). The number of methoxy groups -OCH3 is 1. The van der Waals surface area contributed by atoms with Crippen molar-refractivity contribution in [2.45, 2.75) is 24.4 Å². The second-order valence-corrected chi connectivity index (χ2v) is 5.58. The maximum atomic E-state index is 13.8. The number of aliphatic hydroxyl groups is 1. The van der Waals surface area contributed by atoms with Crippen LogP contribution in [0.15, 0.2) is 18.2 Å². The molecule has 5 nitrogen and oxygen atoms in total. The SMILES string of the molecule is COCC(O)CNC(=O)NCC1(c2ccc(F)cc2F)CC1. The van der Waals surface area contributed by atoms with E-state index >= 15 is 0 Å². The molecule has 1 fully saturated rings. The smallest absolute Gasteiger partial charge is 0.314 e. The maximum Gasteiger partial charge on any atom is 0.314 e. The lowest BCUT2D eigenvalue weighted by Crippen LogP contribution is -2.43. The second kappa shape index (κ2) is 7.02. The Hall–Kier alpha value is -1.73. The standard InChI is InChI=1S/C15H20F2N2O3/c1-22-8-11(20)7-18-14(21)19-9-15(4-5-15)12-3-2-10(16)6-13(12)17/h2-3,6,11,20H,4-5,7-9H2,1H3,(H2,18,19,21). The average molecular weight is 314 g/mol. The molecule has 22 heavy (non-hydrogen) atoms. The van der Waals surface area contributed by atoms with Gasteiger partial charge in [-0.25, -0.2) is 13.6 Å². The normalized spacial score (nSPS) is 16.9. The molecule has 0 spiro atoms. The highest BCUT2D eigenvalue weighted by atomic mass is 19.1. The molecule has 0 aromatic heterocycles. The molecule has 2 amide bonds. The van der Waals surface area contributed by atoms with Gasteiger partial charge < -0.3 is 20.5 Å². The average Bonchev–Trinajstić information content (AvgIpc) is 3.24. The van der Waals surface area contributed by atoms with Crippen LogP contribution in [0, 0.1) is 11.6 Å². The fourth-order valence-electron chi connectivity index (χ4n) is 2.39. The molecule has 122 valence electrons. The third-order valence-corrected chi connectivity index (χ3v) is 3.80. The fraction of sp³-hybridized carbons (Fsp3) is 0.533. The summed E-state index contributed by atoms with van der Waals surface area (Å²) in [5.41, 5.74) is -0.0334. The number of carbonyl (C=O) groups excluding carboxylic acids is 1. The first-order valence-corrected chi connectivity index (χ1v) is 7.11. The molecule has 0 radical (unpaired) electrons. The van der Waals surface area contributed by atoms with Crippen LogP contribution < -0.4 is 10.6 Å². The summed E-state index contributed by atoms with van der Waals surface area (Å²) in [6.45, 7) is 0.463. The number of carbonyl (C=O) groups is 1. The predicted molar refractivity (Wildman–Crippen MR) is 76.6 cm³/mol. The van der Waals surface area contributed by atoms with Gasteiger partial charge in [0.25, 0.3) is 0 Å². The lowest BCUT2D eigenvalue weighted by atomic mass is 9.95. The largest absolute Gasteiger partial charge is 0.389 e. The highest BCUT2D eigenvalue weighted by Gasteiger charge is 2.46. The first-order valence-electron chi connectivity index (χ1n) is 7.11. The summed E-state index contributed by atoms with van der Waals surface area (Å²) < 4.78 is 31.5. The number of hydrogen-bond donors (Lipinski definition) is 3. The van der Waals surface area contributed by atoms with Gasteiger partial charge in [-0.3, -0.25) is 0 Å². The summed E-state index contributed by atoms with van der Waals surface area (Å²) in [7, 11) is 1.46. The Bertz CT molecular complexity index is 536. The van der Waals surface area contributed by atoms with Crippen molar-refractivity contribution in [3.8, 4) is 0 Å². The summed E-state index contributed by atoms with van der Waals surface area (Å²) in [5, 5.41) is 14.6. The highest BCUT2D eigenvalue weighted by molar-refractivity contribution is 5.74. The van der Waals surface area contributed by atoms with Crippen molar-refractivity contribution in [1.82, 2.24) is 10.6 Å². The van der Waals surface area contributed by atoms with E-state index in [2.05, 4.69) is 10.6 Å². The van der Waals surface area contributed by atoms with Gasteiger partial charge >= 0.3 is 6.03 Å². The molecule has 0 saturated heterocycles. The van der Waals surface area contributed by atoms with Gasteiger partial charge in [-0.1, -0.05) is 6.07 Å². The van der Waals surface area contributed by atoms with Gasteiger partial charge in [0.05, 0.1) is 12.7 Å². The van der Waals surface area contributed by atoms with E-state index in [0.717, 1.165) is 18.9 Å². The summed E-state index contributed by atoms with van der Waals surface area (Å²) in [4.78, 5) is 11.7. The van der Waals surface area contributed by atoms with E-state index in [4.69, 9.17) is 4.74 Å². The van der Waals surface area contributed by atoms with E-state index < -0.39 is 29.2 Å². The van der Waals surface area contributed by atoms with Crippen LogP contribution in [0.5, 0.6) is 0 Å². The highest BCUT2D eigenvalue weighted by Crippen LogP contribution is 2.48. The quantitative estimate of drug-likeness (QED) is 0.710. The molecule has 7 heteroatoms. The summed E-state index contributed by atoms with van der Waals surface area (Å²) in [6, 6.07) is 3.07. The first kappa shape index (κ1) is 16.6. The Kier molecular flexibility index (Phi) is 5.31. The minimum absolute atomic E-state index is 0.0670. The molecule has 0 bridgehead atoms. The monoisotopic (exact) mass is 314 g/mol. The van der Waals surface area contributed by atoms with Crippen molar-refractivity contribution in [3.05, 3.63) is 35.4 Å². The second-order valence-electron chi connectivity index (χ2n) is 5.58.